The van der Waals surface area contributed by atoms with Crippen LogP contribution in [0.25, 0.3) is 55.7 Å². The van der Waals surface area contributed by atoms with Crippen LogP contribution in [0.2, 0.25) is 0 Å². The number of H-pyrrole nitrogens is 2. The maximum atomic E-state index is 5.23. The number of pyridine rings is 2. The second-order valence-corrected chi connectivity index (χ2v) is 7.26. The number of benzene rings is 1. The summed E-state index contributed by atoms with van der Waals surface area (Å²) < 4.78 is 5.23. The minimum Gasteiger partial charge on any atom is -0.472 e. The van der Waals surface area contributed by atoms with Crippen molar-refractivity contribution < 1.29 is 4.42 Å². The van der Waals surface area contributed by atoms with Crippen LogP contribution in [0.1, 0.15) is 5.56 Å². The maximum Gasteiger partial charge on any atom is 0.159 e. The van der Waals surface area contributed by atoms with Crippen molar-refractivity contribution in [1.29, 1.82) is 0 Å². The predicted molar refractivity (Wildman–Crippen MR) is 115 cm³/mol. The summed E-state index contributed by atoms with van der Waals surface area (Å²) in [6.45, 7) is 2.04. The summed E-state index contributed by atoms with van der Waals surface area (Å²) in [5.41, 5.74) is 8.51. The fourth-order valence-electron chi connectivity index (χ4n) is 3.76. The maximum absolute atomic E-state index is 5.23. The van der Waals surface area contributed by atoms with Crippen LogP contribution in [-0.4, -0.2) is 30.1 Å². The monoisotopic (exact) mass is 392 g/mol. The molecule has 0 fully saturated rings. The molecule has 7 nitrogen and oxygen atoms in total. The number of aryl methyl sites for hydroxylation is 1. The van der Waals surface area contributed by atoms with E-state index in [0.29, 0.717) is 5.82 Å². The minimum atomic E-state index is 0.688. The Balaban J connectivity index is 1.52. The third-order valence-corrected chi connectivity index (χ3v) is 5.22. The van der Waals surface area contributed by atoms with Gasteiger partial charge >= 0.3 is 0 Å². The summed E-state index contributed by atoms with van der Waals surface area (Å²) in [7, 11) is 0. The number of aromatic nitrogens is 6. The van der Waals surface area contributed by atoms with E-state index in [1.54, 1.807) is 24.9 Å². The molecule has 0 unspecified atom stereocenters. The SMILES string of the molecule is Cc1cncc(-c2ccc3[nH]nc(-c4nc5c(-c6ccoc6)cncc5[nH]4)c3c2)c1. The van der Waals surface area contributed by atoms with Gasteiger partial charge in [0.25, 0.3) is 0 Å². The molecule has 0 aliphatic rings. The van der Waals surface area contributed by atoms with Gasteiger partial charge in [-0.05, 0) is 42.3 Å². The molecule has 30 heavy (non-hydrogen) atoms. The molecule has 1 aromatic carbocycles. The van der Waals surface area contributed by atoms with Crippen molar-refractivity contribution in [3.63, 3.8) is 0 Å². The molecule has 5 heterocycles. The number of imidazole rings is 1. The van der Waals surface area contributed by atoms with E-state index >= 15 is 0 Å². The first-order valence-corrected chi connectivity index (χ1v) is 9.53. The lowest BCUT2D eigenvalue weighted by Crippen LogP contribution is -1.84. The highest BCUT2D eigenvalue weighted by Crippen LogP contribution is 2.32. The molecule has 0 amide bonds. The number of nitrogens with one attached hydrogen (secondary N) is 2. The largest absolute Gasteiger partial charge is 0.472 e. The fraction of sp³-hybridized carbons (Fsp3) is 0.0435. The molecule has 0 bridgehead atoms. The molecule has 144 valence electrons. The lowest BCUT2D eigenvalue weighted by Gasteiger charge is -2.03. The van der Waals surface area contributed by atoms with Gasteiger partial charge in [-0.1, -0.05) is 6.07 Å². The van der Waals surface area contributed by atoms with Crippen LogP contribution in [-0.2, 0) is 0 Å². The van der Waals surface area contributed by atoms with E-state index in [-0.39, 0.29) is 0 Å². The van der Waals surface area contributed by atoms with Crippen LogP contribution >= 0.6 is 0 Å². The van der Waals surface area contributed by atoms with Crippen LogP contribution in [0, 0.1) is 6.92 Å². The van der Waals surface area contributed by atoms with E-state index in [2.05, 4.69) is 43.3 Å². The van der Waals surface area contributed by atoms with Gasteiger partial charge in [-0.15, -0.1) is 0 Å². The third-order valence-electron chi connectivity index (χ3n) is 5.22. The van der Waals surface area contributed by atoms with Gasteiger partial charge in [-0.2, -0.15) is 5.10 Å². The molecule has 0 atom stereocenters. The zero-order valence-electron chi connectivity index (χ0n) is 16.0. The molecule has 0 aliphatic heterocycles. The van der Waals surface area contributed by atoms with Crippen molar-refractivity contribution in [3.05, 3.63) is 73.2 Å². The summed E-state index contributed by atoms with van der Waals surface area (Å²) >= 11 is 0. The molecule has 2 N–H and O–H groups in total. The highest BCUT2D eigenvalue weighted by Gasteiger charge is 2.16. The number of nitrogens with zero attached hydrogens (tertiary/aromatic N) is 4. The second kappa shape index (κ2) is 6.38. The van der Waals surface area contributed by atoms with Gasteiger partial charge < -0.3 is 9.40 Å². The van der Waals surface area contributed by atoms with E-state index in [1.165, 1.54) is 0 Å². The average molecular weight is 392 g/mol. The average Bonchev–Trinajstić information content (AvgIpc) is 3.51. The van der Waals surface area contributed by atoms with Crippen molar-refractivity contribution in [2.45, 2.75) is 6.92 Å². The minimum absolute atomic E-state index is 0.688. The molecule has 0 saturated heterocycles. The number of furan rings is 1. The third kappa shape index (κ3) is 2.60. The molecular weight excluding hydrogens is 376 g/mol. The summed E-state index contributed by atoms with van der Waals surface area (Å²) in [5.74, 6) is 0.688. The van der Waals surface area contributed by atoms with Gasteiger partial charge in [0.15, 0.2) is 5.82 Å². The Kier molecular flexibility index (Phi) is 3.55. The predicted octanol–water partition coefficient (Wildman–Crippen LogP) is 5.13. The van der Waals surface area contributed by atoms with Crippen LogP contribution in [0.5, 0.6) is 0 Å². The van der Waals surface area contributed by atoms with E-state index < -0.39 is 0 Å². The highest BCUT2D eigenvalue weighted by atomic mass is 16.3. The first-order chi connectivity index (χ1) is 14.8. The van der Waals surface area contributed by atoms with E-state index in [0.717, 1.165) is 55.4 Å². The first-order valence-electron chi connectivity index (χ1n) is 9.53. The van der Waals surface area contributed by atoms with Crippen LogP contribution < -0.4 is 0 Å². The topological polar surface area (TPSA) is 96.3 Å². The van der Waals surface area contributed by atoms with Gasteiger partial charge in [0.2, 0.25) is 0 Å². The molecular formula is C23H16N6O. The number of aromatic amines is 2. The number of fused-ring (bicyclic) bond motifs is 2. The Hall–Kier alpha value is -4.26. The van der Waals surface area contributed by atoms with E-state index in [1.807, 2.05) is 31.5 Å². The molecule has 0 radical (unpaired) electrons. The Labute approximate surface area is 170 Å². The van der Waals surface area contributed by atoms with Gasteiger partial charge in [0, 0.05) is 40.7 Å². The van der Waals surface area contributed by atoms with Crippen molar-refractivity contribution in [2.75, 3.05) is 0 Å². The molecule has 6 rings (SSSR count). The van der Waals surface area contributed by atoms with Crippen LogP contribution in [0.15, 0.2) is 72.1 Å². The molecule has 7 heteroatoms. The van der Waals surface area contributed by atoms with Gasteiger partial charge in [0.05, 0.1) is 29.8 Å². The first kappa shape index (κ1) is 16.7. The van der Waals surface area contributed by atoms with Gasteiger partial charge in [-0.25, -0.2) is 4.98 Å². The Morgan fingerprint density at radius 3 is 2.67 bits per heavy atom. The zero-order chi connectivity index (χ0) is 20.1. The molecule has 5 aromatic heterocycles. The highest BCUT2D eigenvalue weighted by molar-refractivity contribution is 5.97. The second-order valence-electron chi connectivity index (χ2n) is 7.26. The smallest absolute Gasteiger partial charge is 0.159 e. The van der Waals surface area contributed by atoms with Crippen molar-refractivity contribution in [3.8, 4) is 33.8 Å². The van der Waals surface area contributed by atoms with E-state index in [9.17, 15) is 0 Å². The van der Waals surface area contributed by atoms with Gasteiger partial charge in [0.1, 0.15) is 11.2 Å². The Morgan fingerprint density at radius 1 is 0.867 bits per heavy atom. The van der Waals surface area contributed by atoms with E-state index in [4.69, 9.17) is 9.40 Å². The Bertz CT molecular complexity index is 1510. The Morgan fingerprint density at radius 2 is 1.80 bits per heavy atom. The lowest BCUT2D eigenvalue weighted by atomic mass is 10.0. The summed E-state index contributed by atoms with van der Waals surface area (Å²) in [4.78, 5) is 16.9. The van der Waals surface area contributed by atoms with Crippen molar-refractivity contribution >= 4 is 21.9 Å². The molecule has 0 saturated carbocycles. The van der Waals surface area contributed by atoms with Gasteiger partial charge in [-0.3, -0.25) is 15.1 Å². The molecule has 0 aliphatic carbocycles. The summed E-state index contributed by atoms with van der Waals surface area (Å²) in [5, 5.41) is 8.63. The number of rotatable bonds is 3. The molecule has 0 spiro atoms. The quantitative estimate of drug-likeness (QED) is 0.435. The van der Waals surface area contributed by atoms with Crippen LogP contribution in [0.3, 0.4) is 0 Å². The normalized spacial score (nSPS) is 11.5. The van der Waals surface area contributed by atoms with Crippen molar-refractivity contribution in [1.82, 2.24) is 30.1 Å². The molecule has 6 aromatic rings. The number of hydrogen-bond acceptors (Lipinski definition) is 5. The zero-order valence-corrected chi connectivity index (χ0v) is 16.0. The lowest BCUT2D eigenvalue weighted by molar-refractivity contribution is 0.568. The number of hydrogen-bond donors (Lipinski definition) is 2. The summed E-state index contributed by atoms with van der Waals surface area (Å²) in [6.07, 6.45) is 10.6. The summed E-state index contributed by atoms with van der Waals surface area (Å²) in [6, 6.07) is 10.2. The van der Waals surface area contributed by atoms with Crippen LogP contribution in [0.4, 0.5) is 0 Å². The van der Waals surface area contributed by atoms with Crippen molar-refractivity contribution in [2.24, 2.45) is 0 Å². The standard InChI is InChI=1S/C23H16N6O/c1-13-6-16(9-24-8-13)14-2-3-19-17(7-14)22(29-28-19)23-26-20-11-25-10-18(21(20)27-23)15-4-5-30-12-15/h2-12H,1H3,(H,26,27)(H,28,29). The fourth-order valence-corrected chi connectivity index (χ4v) is 3.76.